The highest BCUT2D eigenvalue weighted by molar-refractivity contribution is 8.76. The summed E-state index contributed by atoms with van der Waals surface area (Å²) in [6.07, 6.45) is 2.92. The fraction of sp³-hybridized carbons (Fsp3) is 0.750. The van der Waals surface area contributed by atoms with Gasteiger partial charge in [-0.15, -0.1) is 11.7 Å². The Morgan fingerprint density at radius 3 is 2.77 bits per heavy atom. The van der Waals surface area contributed by atoms with Crippen molar-refractivity contribution in [3.05, 3.63) is 0 Å². The Labute approximate surface area is 93.6 Å². The van der Waals surface area contributed by atoms with Crippen LogP contribution in [0.1, 0.15) is 32.6 Å². The van der Waals surface area contributed by atoms with E-state index in [0.29, 0.717) is 19.4 Å². The quantitative estimate of drug-likeness (QED) is 0.253. The van der Waals surface area contributed by atoms with E-state index in [4.69, 9.17) is 17.0 Å². The van der Waals surface area contributed by atoms with Gasteiger partial charge in [0.1, 0.15) is 0 Å². The highest BCUT2D eigenvalue weighted by atomic mass is 33.1. The third-order valence-electron chi connectivity index (χ3n) is 1.40. The molecule has 0 aliphatic heterocycles. The third-order valence-corrected chi connectivity index (χ3v) is 3.29. The Kier molecular flexibility index (Phi) is 9.02. The summed E-state index contributed by atoms with van der Waals surface area (Å²) < 4.78 is 5.68. The molecule has 0 amide bonds. The molecule has 0 unspecified atom stereocenters. The van der Waals surface area contributed by atoms with E-state index >= 15 is 0 Å². The van der Waals surface area contributed by atoms with Gasteiger partial charge in [0.25, 0.3) is 0 Å². The fourth-order valence-electron chi connectivity index (χ4n) is 0.652. The first-order chi connectivity index (χ1) is 6.20. The molecule has 0 rings (SSSR count). The molecule has 0 radical (unpaired) electrons. The highest BCUT2D eigenvalue weighted by Crippen LogP contribution is 2.13. The van der Waals surface area contributed by atoms with E-state index < -0.39 is 0 Å². The van der Waals surface area contributed by atoms with Gasteiger partial charge < -0.3 is 4.74 Å². The normalized spacial score (nSPS) is 9.69. The summed E-state index contributed by atoms with van der Waals surface area (Å²) in [6, 6.07) is 0. The Balaban J connectivity index is 3.35. The number of carbonyl (C=O) groups excluding carboxylic acids is 1. The highest BCUT2D eigenvalue weighted by Gasteiger charge is 2.04. The van der Waals surface area contributed by atoms with Crippen LogP contribution in [-0.2, 0) is 9.53 Å². The Hall–Kier alpha value is 0.260. The van der Waals surface area contributed by atoms with Gasteiger partial charge in [0.05, 0.1) is 17.2 Å². The largest absolute Gasteiger partial charge is 0.466 e. The van der Waals surface area contributed by atoms with Crippen molar-refractivity contribution in [2.45, 2.75) is 32.6 Å². The summed E-state index contributed by atoms with van der Waals surface area (Å²) in [4.78, 5) is 11.0. The molecule has 0 aromatic carbocycles. The number of thiol groups is 1. The lowest BCUT2D eigenvalue weighted by molar-refractivity contribution is -0.143. The summed E-state index contributed by atoms with van der Waals surface area (Å²) in [7, 11) is 1.21. The van der Waals surface area contributed by atoms with E-state index in [1.165, 1.54) is 10.8 Å². The molecule has 0 aliphatic rings. The first-order valence-corrected chi connectivity index (χ1v) is 6.48. The maximum absolute atomic E-state index is 11.0. The van der Waals surface area contributed by atoms with Gasteiger partial charge in [-0.25, -0.2) is 0 Å². The van der Waals surface area contributed by atoms with Crippen molar-refractivity contribution in [2.75, 3.05) is 6.61 Å². The maximum atomic E-state index is 11.0. The van der Waals surface area contributed by atoms with E-state index in [2.05, 4.69) is 18.6 Å². The van der Waals surface area contributed by atoms with Gasteiger partial charge in [-0.1, -0.05) is 36.4 Å². The van der Waals surface area contributed by atoms with Crippen LogP contribution >= 0.6 is 34.7 Å². The maximum Gasteiger partial charge on any atom is 0.306 e. The minimum Gasteiger partial charge on any atom is -0.466 e. The molecule has 0 aromatic rings. The number of esters is 1. The van der Waals surface area contributed by atoms with Crippen molar-refractivity contribution in [2.24, 2.45) is 0 Å². The SMILES string of the molecule is CCCCOC(=O)CCC(=S)SS. The second-order valence-electron chi connectivity index (χ2n) is 2.54. The predicted molar refractivity (Wildman–Crippen MR) is 64.3 cm³/mol. The van der Waals surface area contributed by atoms with Gasteiger partial charge in [0.15, 0.2) is 0 Å². The molecule has 0 spiro atoms. The summed E-state index contributed by atoms with van der Waals surface area (Å²) in [6.45, 7) is 2.58. The number of carbonyl (C=O) groups is 1. The number of thiocarbonyl (C=S) groups is 1. The lowest BCUT2D eigenvalue weighted by Gasteiger charge is -2.02. The van der Waals surface area contributed by atoms with Crippen LogP contribution in [0.5, 0.6) is 0 Å². The molecule has 0 fully saturated rings. The lowest BCUT2D eigenvalue weighted by Crippen LogP contribution is -2.06. The van der Waals surface area contributed by atoms with Gasteiger partial charge in [-0.2, -0.15) is 0 Å². The van der Waals surface area contributed by atoms with Gasteiger partial charge in [-0.05, 0) is 12.8 Å². The molecule has 0 saturated heterocycles. The Morgan fingerprint density at radius 2 is 2.23 bits per heavy atom. The zero-order chi connectivity index (χ0) is 10.1. The van der Waals surface area contributed by atoms with Crippen molar-refractivity contribution in [3.8, 4) is 0 Å². The lowest BCUT2D eigenvalue weighted by atomic mass is 10.3. The topological polar surface area (TPSA) is 26.3 Å². The standard InChI is InChI=1S/C8H14O2S3/c1-2-3-6-10-7(9)4-5-8(11)13-12/h12H,2-6H2,1H3. The van der Waals surface area contributed by atoms with Crippen LogP contribution in [0.25, 0.3) is 0 Å². The van der Waals surface area contributed by atoms with Crippen molar-refractivity contribution >= 4 is 44.8 Å². The molecule has 5 heteroatoms. The fourth-order valence-corrected chi connectivity index (χ4v) is 1.22. The van der Waals surface area contributed by atoms with Crippen molar-refractivity contribution in [1.29, 1.82) is 0 Å². The zero-order valence-electron chi connectivity index (χ0n) is 7.62. The van der Waals surface area contributed by atoms with Crippen LogP contribution in [0.4, 0.5) is 0 Å². The summed E-state index contributed by atoms with van der Waals surface area (Å²) >= 11 is 8.81. The molecule has 13 heavy (non-hydrogen) atoms. The number of unbranched alkanes of at least 4 members (excludes halogenated alkanes) is 1. The van der Waals surface area contributed by atoms with Gasteiger partial charge >= 0.3 is 5.97 Å². The monoisotopic (exact) mass is 238 g/mol. The zero-order valence-corrected chi connectivity index (χ0v) is 10.1. The summed E-state index contributed by atoms with van der Waals surface area (Å²) in [5.74, 6) is -0.168. The molecule has 0 bridgehead atoms. The van der Waals surface area contributed by atoms with Crippen LogP contribution in [0, 0.1) is 0 Å². The Bertz CT molecular complexity index is 171. The van der Waals surface area contributed by atoms with Crippen LogP contribution < -0.4 is 0 Å². The molecule has 0 saturated carbocycles. The minimum atomic E-state index is -0.168. The summed E-state index contributed by atoms with van der Waals surface area (Å²) in [5, 5.41) is 0. The van der Waals surface area contributed by atoms with Crippen molar-refractivity contribution in [3.63, 3.8) is 0 Å². The van der Waals surface area contributed by atoms with E-state index in [1.54, 1.807) is 0 Å². The van der Waals surface area contributed by atoms with Crippen LogP contribution in [0.3, 0.4) is 0 Å². The minimum absolute atomic E-state index is 0.168. The summed E-state index contributed by atoms with van der Waals surface area (Å²) in [5.41, 5.74) is 0. The third kappa shape index (κ3) is 8.59. The van der Waals surface area contributed by atoms with E-state index in [-0.39, 0.29) is 5.97 Å². The predicted octanol–water partition coefficient (Wildman–Crippen LogP) is 3.02. The Morgan fingerprint density at radius 1 is 1.54 bits per heavy atom. The van der Waals surface area contributed by atoms with Gasteiger partial charge in [-0.3, -0.25) is 4.79 Å². The second kappa shape index (κ2) is 8.84. The number of hydrogen-bond donors (Lipinski definition) is 1. The van der Waals surface area contributed by atoms with E-state index in [0.717, 1.165) is 17.0 Å². The second-order valence-corrected chi connectivity index (χ2v) is 4.51. The van der Waals surface area contributed by atoms with Gasteiger partial charge in [0.2, 0.25) is 0 Å². The average Bonchev–Trinajstić information content (AvgIpc) is 2.14. The number of ether oxygens (including phenoxy) is 1. The number of hydrogen-bond acceptors (Lipinski definition) is 5. The van der Waals surface area contributed by atoms with Crippen molar-refractivity contribution in [1.82, 2.24) is 0 Å². The van der Waals surface area contributed by atoms with Crippen LogP contribution in [0.2, 0.25) is 0 Å². The first-order valence-electron chi connectivity index (χ1n) is 4.20. The molecule has 76 valence electrons. The number of rotatable bonds is 6. The van der Waals surface area contributed by atoms with Crippen molar-refractivity contribution < 1.29 is 9.53 Å². The van der Waals surface area contributed by atoms with Crippen LogP contribution in [-0.4, -0.2) is 16.8 Å². The smallest absolute Gasteiger partial charge is 0.306 e. The molecule has 0 atom stereocenters. The molecular weight excluding hydrogens is 224 g/mol. The molecule has 0 heterocycles. The first kappa shape index (κ1) is 13.3. The molecule has 0 N–H and O–H groups in total. The van der Waals surface area contributed by atoms with E-state index in [1.807, 2.05) is 0 Å². The average molecular weight is 238 g/mol. The van der Waals surface area contributed by atoms with E-state index in [9.17, 15) is 4.79 Å². The molecule has 0 aliphatic carbocycles. The molecule has 0 aromatic heterocycles. The van der Waals surface area contributed by atoms with Crippen LogP contribution in [0.15, 0.2) is 0 Å². The van der Waals surface area contributed by atoms with Gasteiger partial charge in [0, 0.05) is 0 Å². The molecular formula is C8H14O2S3. The molecule has 2 nitrogen and oxygen atoms in total.